The van der Waals surface area contributed by atoms with Gasteiger partial charge < -0.3 is 9.52 Å². The SMILES string of the molecule is CN(CCC(=O)O)Cc1ncc(-c2ccc(F)cc2)o1. The van der Waals surface area contributed by atoms with Gasteiger partial charge in [0.2, 0.25) is 5.89 Å². The van der Waals surface area contributed by atoms with Crippen LogP contribution in [0.2, 0.25) is 0 Å². The van der Waals surface area contributed by atoms with E-state index in [2.05, 4.69) is 4.98 Å². The van der Waals surface area contributed by atoms with Gasteiger partial charge in [-0.1, -0.05) is 0 Å². The molecule has 0 amide bonds. The minimum Gasteiger partial charge on any atom is -0.481 e. The molecule has 0 aliphatic carbocycles. The summed E-state index contributed by atoms with van der Waals surface area (Å²) in [5.74, 6) is -0.0815. The minimum atomic E-state index is -0.837. The fraction of sp³-hybridized carbons (Fsp3) is 0.286. The van der Waals surface area contributed by atoms with Crippen LogP contribution in [0.1, 0.15) is 12.3 Å². The summed E-state index contributed by atoms with van der Waals surface area (Å²) in [7, 11) is 1.80. The lowest BCUT2D eigenvalue weighted by molar-refractivity contribution is -0.137. The molecule has 0 radical (unpaired) electrons. The summed E-state index contributed by atoms with van der Waals surface area (Å²) >= 11 is 0. The van der Waals surface area contributed by atoms with Gasteiger partial charge in [0.15, 0.2) is 5.76 Å². The topological polar surface area (TPSA) is 66.6 Å². The Labute approximate surface area is 115 Å². The maximum atomic E-state index is 12.8. The van der Waals surface area contributed by atoms with Crippen LogP contribution in [0.25, 0.3) is 11.3 Å². The first kappa shape index (κ1) is 14.2. The van der Waals surface area contributed by atoms with Crippen molar-refractivity contribution in [2.24, 2.45) is 0 Å². The van der Waals surface area contributed by atoms with E-state index in [-0.39, 0.29) is 12.2 Å². The van der Waals surface area contributed by atoms with E-state index in [0.29, 0.717) is 24.7 Å². The van der Waals surface area contributed by atoms with Crippen LogP contribution in [0, 0.1) is 5.82 Å². The number of aromatic nitrogens is 1. The molecule has 0 atom stereocenters. The summed E-state index contributed by atoms with van der Waals surface area (Å²) in [5.41, 5.74) is 0.748. The number of hydrogen-bond donors (Lipinski definition) is 1. The smallest absolute Gasteiger partial charge is 0.304 e. The molecule has 0 bridgehead atoms. The molecular formula is C14H15FN2O3. The number of hydrogen-bond acceptors (Lipinski definition) is 4. The van der Waals surface area contributed by atoms with Gasteiger partial charge in [-0.05, 0) is 31.3 Å². The number of carboxylic acids is 1. The highest BCUT2D eigenvalue weighted by Crippen LogP contribution is 2.21. The molecule has 1 heterocycles. The first-order valence-corrected chi connectivity index (χ1v) is 6.15. The highest BCUT2D eigenvalue weighted by molar-refractivity contribution is 5.66. The molecule has 0 spiro atoms. The number of carbonyl (C=O) groups is 1. The van der Waals surface area contributed by atoms with E-state index < -0.39 is 5.97 Å². The van der Waals surface area contributed by atoms with Gasteiger partial charge in [-0.15, -0.1) is 0 Å². The zero-order valence-electron chi connectivity index (χ0n) is 11.0. The van der Waals surface area contributed by atoms with Crippen LogP contribution >= 0.6 is 0 Å². The zero-order valence-corrected chi connectivity index (χ0v) is 11.0. The predicted molar refractivity (Wildman–Crippen MR) is 70.5 cm³/mol. The average molecular weight is 278 g/mol. The number of aliphatic carboxylic acids is 1. The molecule has 1 aromatic carbocycles. The van der Waals surface area contributed by atoms with Crippen LogP contribution in [0.4, 0.5) is 4.39 Å². The second-order valence-corrected chi connectivity index (χ2v) is 4.51. The molecule has 0 saturated heterocycles. The van der Waals surface area contributed by atoms with E-state index >= 15 is 0 Å². The summed E-state index contributed by atoms with van der Waals surface area (Å²) in [4.78, 5) is 16.4. The Kier molecular flexibility index (Phi) is 4.47. The number of carboxylic acid groups (broad SMARTS) is 1. The molecule has 0 saturated carbocycles. The third kappa shape index (κ3) is 3.89. The Morgan fingerprint density at radius 1 is 1.40 bits per heavy atom. The minimum absolute atomic E-state index is 0.0715. The molecule has 0 unspecified atom stereocenters. The van der Waals surface area contributed by atoms with Crippen molar-refractivity contribution in [3.8, 4) is 11.3 Å². The van der Waals surface area contributed by atoms with Crippen molar-refractivity contribution in [3.63, 3.8) is 0 Å². The Bertz CT molecular complexity index is 580. The number of benzene rings is 1. The molecule has 2 rings (SSSR count). The summed E-state index contributed by atoms with van der Waals surface area (Å²) < 4.78 is 18.4. The van der Waals surface area contributed by atoms with Gasteiger partial charge in [0.05, 0.1) is 19.2 Å². The fourth-order valence-electron chi connectivity index (χ4n) is 1.73. The summed E-state index contributed by atoms with van der Waals surface area (Å²) in [6.45, 7) is 0.845. The summed E-state index contributed by atoms with van der Waals surface area (Å²) in [6.07, 6.45) is 1.65. The Balaban J connectivity index is 1.98. The average Bonchev–Trinajstić information content (AvgIpc) is 2.85. The van der Waals surface area contributed by atoms with Crippen molar-refractivity contribution >= 4 is 5.97 Å². The molecular weight excluding hydrogens is 263 g/mol. The Hall–Kier alpha value is -2.21. The van der Waals surface area contributed by atoms with Crippen LogP contribution in [-0.2, 0) is 11.3 Å². The first-order chi connectivity index (χ1) is 9.54. The van der Waals surface area contributed by atoms with Crippen molar-refractivity contribution in [3.05, 3.63) is 42.2 Å². The van der Waals surface area contributed by atoms with E-state index in [0.717, 1.165) is 5.56 Å². The lowest BCUT2D eigenvalue weighted by atomic mass is 10.2. The van der Waals surface area contributed by atoms with E-state index in [9.17, 15) is 9.18 Å². The van der Waals surface area contributed by atoms with Gasteiger partial charge in [0.1, 0.15) is 5.82 Å². The molecule has 0 fully saturated rings. The third-order valence-electron chi connectivity index (χ3n) is 2.79. The lowest BCUT2D eigenvalue weighted by Gasteiger charge is -2.12. The van der Waals surface area contributed by atoms with Crippen molar-refractivity contribution in [1.29, 1.82) is 0 Å². The zero-order chi connectivity index (χ0) is 14.5. The Morgan fingerprint density at radius 2 is 2.10 bits per heavy atom. The summed E-state index contributed by atoms with van der Waals surface area (Å²) in [5, 5.41) is 8.61. The van der Waals surface area contributed by atoms with Crippen LogP contribution in [0.3, 0.4) is 0 Å². The molecule has 106 valence electrons. The van der Waals surface area contributed by atoms with Gasteiger partial charge in [0, 0.05) is 12.1 Å². The predicted octanol–water partition coefficient (Wildman–Crippen LogP) is 2.39. The second kappa shape index (κ2) is 6.29. The van der Waals surface area contributed by atoms with Crippen molar-refractivity contribution in [2.75, 3.05) is 13.6 Å². The first-order valence-electron chi connectivity index (χ1n) is 6.15. The Morgan fingerprint density at radius 3 is 2.75 bits per heavy atom. The molecule has 20 heavy (non-hydrogen) atoms. The third-order valence-corrected chi connectivity index (χ3v) is 2.79. The normalized spacial score (nSPS) is 10.9. The van der Waals surface area contributed by atoms with Gasteiger partial charge in [-0.3, -0.25) is 9.69 Å². The molecule has 0 aliphatic heterocycles. The number of nitrogens with zero attached hydrogens (tertiary/aromatic N) is 2. The maximum Gasteiger partial charge on any atom is 0.304 e. The van der Waals surface area contributed by atoms with E-state index in [1.807, 2.05) is 4.90 Å². The van der Waals surface area contributed by atoms with Gasteiger partial charge in [-0.25, -0.2) is 9.37 Å². The molecule has 6 heteroatoms. The molecule has 1 aromatic heterocycles. The standard InChI is InChI=1S/C14H15FN2O3/c1-17(7-6-14(18)19)9-13-16-8-12(20-13)10-2-4-11(15)5-3-10/h2-5,8H,6-7,9H2,1H3,(H,18,19). The molecule has 5 nitrogen and oxygen atoms in total. The van der Waals surface area contributed by atoms with Crippen LogP contribution in [0.15, 0.2) is 34.9 Å². The molecule has 1 N–H and O–H groups in total. The number of halogens is 1. The maximum absolute atomic E-state index is 12.8. The largest absolute Gasteiger partial charge is 0.481 e. The lowest BCUT2D eigenvalue weighted by Crippen LogP contribution is -2.21. The fourth-order valence-corrected chi connectivity index (χ4v) is 1.73. The van der Waals surface area contributed by atoms with Crippen LogP contribution in [0.5, 0.6) is 0 Å². The van der Waals surface area contributed by atoms with E-state index in [1.165, 1.54) is 12.1 Å². The molecule has 2 aromatic rings. The number of oxazole rings is 1. The van der Waals surface area contributed by atoms with Gasteiger partial charge in [0.25, 0.3) is 0 Å². The van der Waals surface area contributed by atoms with Gasteiger partial charge >= 0.3 is 5.97 Å². The van der Waals surface area contributed by atoms with E-state index in [1.54, 1.807) is 25.4 Å². The van der Waals surface area contributed by atoms with Gasteiger partial charge in [-0.2, -0.15) is 0 Å². The highest BCUT2D eigenvalue weighted by Gasteiger charge is 2.10. The monoisotopic (exact) mass is 278 g/mol. The highest BCUT2D eigenvalue weighted by atomic mass is 19.1. The van der Waals surface area contributed by atoms with Crippen LogP contribution < -0.4 is 0 Å². The quantitative estimate of drug-likeness (QED) is 0.878. The van der Waals surface area contributed by atoms with Crippen molar-refractivity contribution in [1.82, 2.24) is 9.88 Å². The number of rotatable bonds is 6. The van der Waals surface area contributed by atoms with Crippen molar-refractivity contribution in [2.45, 2.75) is 13.0 Å². The molecule has 0 aliphatic rings. The van der Waals surface area contributed by atoms with E-state index in [4.69, 9.17) is 9.52 Å². The second-order valence-electron chi connectivity index (χ2n) is 4.51. The van der Waals surface area contributed by atoms with Crippen LogP contribution in [-0.4, -0.2) is 34.6 Å². The van der Waals surface area contributed by atoms with Crippen molar-refractivity contribution < 1.29 is 18.7 Å². The summed E-state index contributed by atoms with van der Waals surface area (Å²) in [6, 6.07) is 5.95.